The SMILES string of the molecule is CCCCCCCCCCCC(CC(=O)O)OC(=O)CCC(=O)[C@@H](CC(C)C)NC(=O)[C@@H](CC(=O)O)N1CCN(C(=O)OC2c3ccccc3-c3ccccc32)CC1=O. The third-order valence-corrected chi connectivity index (χ3v) is 10.9. The first-order valence-corrected chi connectivity index (χ1v) is 21.2. The molecule has 2 aliphatic rings. The van der Waals surface area contributed by atoms with Crippen LogP contribution in [-0.2, 0) is 38.2 Å². The van der Waals surface area contributed by atoms with E-state index in [1.165, 1.54) is 37.0 Å². The predicted molar refractivity (Wildman–Crippen MR) is 219 cm³/mol. The largest absolute Gasteiger partial charge is 0.481 e. The fraction of sp³-hybridized carbons (Fsp3) is 0.578. The summed E-state index contributed by atoms with van der Waals surface area (Å²) in [5.41, 5.74) is 3.53. The smallest absolute Gasteiger partial charge is 0.411 e. The number of piperazine rings is 1. The highest BCUT2D eigenvalue weighted by Crippen LogP contribution is 2.45. The molecule has 3 atom stereocenters. The number of ether oxygens (including phenoxy) is 2. The molecule has 0 aromatic heterocycles. The summed E-state index contributed by atoms with van der Waals surface area (Å²) >= 11 is 0. The molecule has 0 bridgehead atoms. The third-order valence-electron chi connectivity index (χ3n) is 10.9. The number of unbranched alkanes of at least 4 members (excludes halogenated alkanes) is 8. The van der Waals surface area contributed by atoms with Gasteiger partial charge in [0.1, 0.15) is 18.7 Å². The van der Waals surface area contributed by atoms with Gasteiger partial charge in [-0.1, -0.05) is 121 Å². The number of Topliss-reactive ketones (excluding diaryl/α,β-unsaturated/α-hetero) is 1. The molecule has 0 spiro atoms. The standard InChI is InChI=1S/C45H61N3O11/c1-4-5-6-7-8-9-10-11-12-17-31(27-40(51)52)58-42(55)23-22-38(49)36(26-30(2)3)46-44(56)37(28-41(53)54)48-25-24-47(29-39(48)50)45(57)59-43-34-20-15-13-18-32(34)33-19-14-16-21-35(33)43/h13-16,18-21,30-31,36-37,43H,4-12,17,22-29H2,1-3H3,(H,46,56)(H,51,52)(H,53,54)/t31?,36-,37-/m1/s1. The molecular formula is C45H61N3O11. The van der Waals surface area contributed by atoms with E-state index in [0.717, 1.165) is 46.4 Å². The van der Waals surface area contributed by atoms with Crippen LogP contribution in [0.2, 0.25) is 0 Å². The summed E-state index contributed by atoms with van der Waals surface area (Å²) in [5, 5.41) is 21.8. The number of hydrogen-bond donors (Lipinski definition) is 3. The van der Waals surface area contributed by atoms with E-state index in [-0.39, 0.29) is 44.7 Å². The number of fused-ring (bicyclic) bond motifs is 3. The van der Waals surface area contributed by atoms with Crippen LogP contribution in [0.4, 0.5) is 4.79 Å². The summed E-state index contributed by atoms with van der Waals surface area (Å²) in [7, 11) is 0. The van der Waals surface area contributed by atoms with Gasteiger partial charge in [-0.05, 0) is 36.3 Å². The minimum atomic E-state index is -1.47. The van der Waals surface area contributed by atoms with Crippen molar-refractivity contribution in [1.82, 2.24) is 15.1 Å². The number of carboxylic acids is 2. The first-order chi connectivity index (χ1) is 28.3. The molecular weight excluding hydrogens is 759 g/mol. The Balaban J connectivity index is 1.31. The van der Waals surface area contributed by atoms with E-state index >= 15 is 0 Å². The predicted octanol–water partition coefficient (Wildman–Crippen LogP) is 7.07. The molecule has 3 N–H and O–H groups in total. The number of amides is 3. The van der Waals surface area contributed by atoms with Crippen molar-refractivity contribution >= 4 is 41.6 Å². The number of ketones is 1. The average molecular weight is 820 g/mol. The Labute approximate surface area is 347 Å². The maximum atomic E-state index is 13.7. The van der Waals surface area contributed by atoms with Gasteiger partial charge < -0.3 is 29.9 Å². The lowest BCUT2D eigenvalue weighted by Crippen LogP contribution is -2.60. The molecule has 2 aromatic carbocycles. The molecule has 1 saturated heterocycles. The molecule has 322 valence electrons. The van der Waals surface area contributed by atoms with Gasteiger partial charge in [-0.25, -0.2) is 4.79 Å². The number of carboxylic acid groups (broad SMARTS) is 2. The van der Waals surface area contributed by atoms with E-state index in [4.69, 9.17) is 9.47 Å². The highest BCUT2D eigenvalue weighted by molar-refractivity contribution is 5.96. The Bertz CT molecular complexity index is 1730. The monoisotopic (exact) mass is 819 g/mol. The third kappa shape index (κ3) is 14.2. The zero-order chi connectivity index (χ0) is 42.9. The van der Waals surface area contributed by atoms with Crippen LogP contribution < -0.4 is 5.32 Å². The van der Waals surface area contributed by atoms with Crippen molar-refractivity contribution in [1.29, 1.82) is 0 Å². The van der Waals surface area contributed by atoms with Crippen LogP contribution >= 0.6 is 0 Å². The topological polar surface area (TPSA) is 197 Å². The quantitative estimate of drug-likeness (QED) is 0.0685. The molecule has 1 aliphatic heterocycles. The summed E-state index contributed by atoms with van der Waals surface area (Å²) in [6.07, 6.45) is 6.44. The van der Waals surface area contributed by atoms with Crippen molar-refractivity contribution < 1.29 is 53.2 Å². The summed E-state index contributed by atoms with van der Waals surface area (Å²) in [4.78, 5) is 92.7. The van der Waals surface area contributed by atoms with E-state index in [1.54, 1.807) is 0 Å². The van der Waals surface area contributed by atoms with Crippen molar-refractivity contribution in [2.75, 3.05) is 19.6 Å². The van der Waals surface area contributed by atoms with Crippen LogP contribution in [0.5, 0.6) is 0 Å². The van der Waals surface area contributed by atoms with Gasteiger partial charge in [0.15, 0.2) is 11.9 Å². The molecule has 4 rings (SSSR count). The van der Waals surface area contributed by atoms with Gasteiger partial charge in [0, 0.05) is 30.6 Å². The Morgan fingerprint density at radius 3 is 1.92 bits per heavy atom. The van der Waals surface area contributed by atoms with Gasteiger partial charge in [-0.2, -0.15) is 0 Å². The van der Waals surface area contributed by atoms with Gasteiger partial charge in [0.2, 0.25) is 11.8 Å². The number of benzene rings is 2. The second-order valence-corrected chi connectivity index (χ2v) is 16.0. The average Bonchev–Trinajstić information content (AvgIpc) is 3.50. The molecule has 59 heavy (non-hydrogen) atoms. The summed E-state index contributed by atoms with van der Waals surface area (Å²) in [5.74, 6) is -5.23. The van der Waals surface area contributed by atoms with Crippen LogP contribution in [0.3, 0.4) is 0 Å². The van der Waals surface area contributed by atoms with E-state index in [1.807, 2.05) is 62.4 Å². The molecule has 0 radical (unpaired) electrons. The van der Waals surface area contributed by atoms with Gasteiger partial charge >= 0.3 is 24.0 Å². The van der Waals surface area contributed by atoms with Crippen molar-refractivity contribution in [3.8, 4) is 11.1 Å². The van der Waals surface area contributed by atoms with Crippen LogP contribution in [0.1, 0.15) is 134 Å². The van der Waals surface area contributed by atoms with Crippen LogP contribution in [0.25, 0.3) is 11.1 Å². The number of carbonyl (C=O) groups excluding carboxylic acids is 5. The Kier molecular flexibility index (Phi) is 18.4. The number of carbonyl (C=O) groups is 7. The van der Waals surface area contributed by atoms with Gasteiger partial charge in [-0.3, -0.25) is 33.7 Å². The lowest BCUT2D eigenvalue weighted by molar-refractivity contribution is -0.154. The summed E-state index contributed by atoms with van der Waals surface area (Å²) in [6.45, 7) is 5.23. The molecule has 3 amide bonds. The first kappa shape index (κ1) is 46.4. The normalized spacial score (nSPS) is 15.2. The fourth-order valence-electron chi connectivity index (χ4n) is 7.83. The maximum Gasteiger partial charge on any atom is 0.411 e. The van der Waals surface area contributed by atoms with E-state index in [9.17, 15) is 43.8 Å². The number of hydrogen-bond acceptors (Lipinski definition) is 9. The number of nitrogens with zero attached hydrogens (tertiary/aromatic N) is 2. The number of esters is 1. The van der Waals surface area contributed by atoms with Crippen molar-refractivity contribution in [2.24, 2.45) is 5.92 Å². The molecule has 1 fully saturated rings. The molecule has 2 aromatic rings. The lowest BCUT2D eigenvalue weighted by Gasteiger charge is -2.38. The number of rotatable bonds is 25. The van der Waals surface area contributed by atoms with Crippen LogP contribution in [0, 0.1) is 5.92 Å². The highest BCUT2D eigenvalue weighted by atomic mass is 16.6. The van der Waals surface area contributed by atoms with Crippen molar-refractivity contribution in [3.05, 3.63) is 59.7 Å². The number of nitrogens with one attached hydrogen (secondary N) is 1. The van der Waals surface area contributed by atoms with Crippen LogP contribution in [0.15, 0.2) is 48.5 Å². The highest BCUT2D eigenvalue weighted by Gasteiger charge is 2.40. The maximum absolute atomic E-state index is 13.7. The summed E-state index contributed by atoms with van der Waals surface area (Å²) < 4.78 is 11.4. The Morgan fingerprint density at radius 2 is 1.36 bits per heavy atom. The van der Waals surface area contributed by atoms with E-state index in [0.29, 0.717) is 12.8 Å². The van der Waals surface area contributed by atoms with Crippen molar-refractivity contribution in [2.45, 2.75) is 141 Å². The molecule has 1 heterocycles. The molecule has 0 saturated carbocycles. The number of aliphatic carboxylic acids is 2. The minimum absolute atomic E-state index is 0.0253. The van der Waals surface area contributed by atoms with E-state index < -0.39 is 78.9 Å². The fourth-order valence-corrected chi connectivity index (χ4v) is 7.83. The van der Waals surface area contributed by atoms with E-state index in [2.05, 4.69) is 12.2 Å². The molecule has 14 nitrogen and oxygen atoms in total. The van der Waals surface area contributed by atoms with Gasteiger partial charge in [0.25, 0.3) is 0 Å². The Morgan fingerprint density at radius 1 is 0.780 bits per heavy atom. The minimum Gasteiger partial charge on any atom is -0.481 e. The lowest BCUT2D eigenvalue weighted by atomic mass is 9.97. The Hall–Kier alpha value is -5.27. The second-order valence-electron chi connectivity index (χ2n) is 16.0. The molecule has 1 unspecified atom stereocenters. The zero-order valence-corrected chi connectivity index (χ0v) is 34.7. The second kappa shape index (κ2) is 23.4. The van der Waals surface area contributed by atoms with Gasteiger partial charge in [-0.15, -0.1) is 0 Å². The van der Waals surface area contributed by atoms with Gasteiger partial charge in [0.05, 0.1) is 25.3 Å². The van der Waals surface area contributed by atoms with Crippen molar-refractivity contribution in [3.63, 3.8) is 0 Å². The first-order valence-electron chi connectivity index (χ1n) is 21.2. The molecule has 1 aliphatic carbocycles. The summed E-state index contributed by atoms with van der Waals surface area (Å²) in [6, 6.07) is 12.6. The van der Waals surface area contributed by atoms with Crippen LogP contribution in [-0.4, -0.2) is 99.4 Å². The molecule has 14 heteroatoms. The zero-order valence-electron chi connectivity index (χ0n) is 34.7.